The highest BCUT2D eigenvalue weighted by Crippen LogP contribution is 2.27. The second kappa shape index (κ2) is 9.94. The Morgan fingerprint density at radius 2 is 1.59 bits per heavy atom. The molecule has 0 aromatic heterocycles. The van der Waals surface area contributed by atoms with Crippen LogP contribution in [0.2, 0.25) is 0 Å². The minimum atomic E-state index is 0.810. The summed E-state index contributed by atoms with van der Waals surface area (Å²) in [5, 5.41) is 3.76. The zero-order valence-electron chi connectivity index (χ0n) is 12.1. The number of hydrogen-bond acceptors (Lipinski definition) is 1. The fourth-order valence-corrected chi connectivity index (χ4v) is 3.27. The lowest BCUT2D eigenvalue weighted by atomic mass is 9.83. The minimum Gasteiger partial charge on any atom is -0.314 e. The smallest absolute Gasteiger partial charge is 0.00952 e. The Kier molecular flexibility index (Phi) is 8.78. The minimum absolute atomic E-state index is 0.810. The van der Waals surface area contributed by atoms with Crippen LogP contribution in [0, 0.1) is 5.92 Å². The van der Waals surface area contributed by atoms with Crippen molar-refractivity contribution in [3.63, 3.8) is 0 Å². The van der Waals surface area contributed by atoms with Crippen molar-refractivity contribution in [3.8, 4) is 0 Å². The van der Waals surface area contributed by atoms with E-state index in [1.807, 2.05) is 0 Å². The predicted octanol–water partition coefficient (Wildman–Crippen LogP) is 4.91. The fraction of sp³-hybridized carbons (Fsp3) is 1.00. The Balaban J connectivity index is 2.35. The Morgan fingerprint density at radius 1 is 0.941 bits per heavy atom. The molecule has 1 aliphatic rings. The van der Waals surface area contributed by atoms with Crippen LogP contribution >= 0.6 is 0 Å². The summed E-state index contributed by atoms with van der Waals surface area (Å²) >= 11 is 0. The molecule has 0 spiro atoms. The van der Waals surface area contributed by atoms with Crippen LogP contribution < -0.4 is 5.32 Å². The van der Waals surface area contributed by atoms with Gasteiger partial charge in [0.1, 0.15) is 0 Å². The summed E-state index contributed by atoms with van der Waals surface area (Å²) in [7, 11) is 0. The maximum Gasteiger partial charge on any atom is 0.00952 e. The molecule has 1 aliphatic carbocycles. The first-order valence-electron chi connectivity index (χ1n) is 8.11. The first-order chi connectivity index (χ1) is 8.38. The Morgan fingerprint density at radius 3 is 2.18 bits per heavy atom. The molecule has 102 valence electrons. The molecule has 0 aromatic carbocycles. The third kappa shape index (κ3) is 6.45. The molecule has 1 heteroatoms. The molecular formula is C16H33N. The zero-order valence-corrected chi connectivity index (χ0v) is 12.1. The number of unbranched alkanes of at least 4 members (excludes halogenated alkanes) is 2. The quantitative estimate of drug-likeness (QED) is 0.623. The zero-order chi connectivity index (χ0) is 12.3. The van der Waals surface area contributed by atoms with Crippen molar-refractivity contribution < 1.29 is 0 Å². The van der Waals surface area contributed by atoms with Crippen molar-refractivity contribution in [2.24, 2.45) is 5.92 Å². The van der Waals surface area contributed by atoms with Gasteiger partial charge < -0.3 is 5.32 Å². The predicted molar refractivity (Wildman–Crippen MR) is 77.4 cm³/mol. The third-order valence-corrected chi connectivity index (χ3v) is 4.30. The van der Waals surface area contributed by atoms with Gasteiger partial charge in [0, 0.05) is 6.04 Å². The van der Waals surface area contributed by atoms with E-state index >= 15 is 0 Å². The molecule has 0 amide bonds. The van der Waals surface area contributed by atoms with Crippen LogP contribution in [0.5, 0.6) is 0 Å². The first-order valence-corrected chi connectivity index (χ1v) is 8.11. The van der Waals surface area contributed by atoms with E-state index < -0.39 is 0 Å². The molecule has 1 unspecified atom stereocenters. The Labute approximate surface area is 109 Å². The third-order valence-electron chi connectivity index (χ3n) is 4.30. The van der Waals surface area contributed by atoms with E-state index in [4.69, 9.17) is 0 Å². The average molecular weight is 239 g/mol. The van der Waals surface area contributed by atoms with E-state index in [-0.39, 0.29) is 0 Å². The van der Waals surface area contributed by atoms with Gasteiger partial charge in [-0.1, -0.05) is 65.2 Å². The fourth-order valence-electron chi connectivity index (χ4n) is 3.27. The van der Waals surface area contributed by atoms with Gasteiger partial charge in [0.2, 0.25) is 0 Å². The number of hydrogen-bond donors (Lipinski definition) is 1. The van der Waals surface area contributed by atoms with Crippen LogP contribution in [0.25, 0.3) is 0 Å². The average Bonchev–Trinajstić information content (AvgIpc) is 2.28. The monoisotopic (exact) mass is 239 g/mol. The molecule has 0 radical (unpaired) electrons. The maximum atomic E-state index is 3.76. The van der Waals surface area contributed by atoms with Gasteiger partial charge >= 0.3 is 0 Å². The van der Waals surface area contributed by atoms with Crippen LogP contribution in [0.15, 0.2) is 0 Å². The van der Waals surface area contributed by atoms with Crippen LogP contribution in [-0.2, 0) is 0 Å². The summed E-state index contributed by atoms with van der Waals surface area (Å²) in [4.78, 5) is 0. The standard InChI is InChI=1S/C16H33N/c1-3-5-9-14-16(17-4-2)15-12-10-7-6-8-11-13-15/h15-17H,3-14H2,1-2H3. The largest absolute Gasteiger partial charge is 0.314 e. The van der Waals surface area contributed by atoms with Gasteiger partial charge in [0.25, 0.3) is 0 Å². The van der Waals surface area contributed by atoms with Crippen LogP contribution in [0.4, 0.5) is 0 Å². The summed E-state index contributed by atoms with van der Waals surface area (Å²) in [6, 6.07) is 0.810. The molecule has 1 atom stereocenters. The Bertz CT molecular complexity index is 159. The van der Waals surface area contributed by atoms with Gasteiger partial charge in [-0.2, -0.15) is 0 Å². The van der Waals surface area contributed by atoms with E-state index in [0.29, 0.717) is 0 Å². The van der Waals surface area contributed by atoms with Crippen molar-refractivity contribution in [2.45, 2.75) is 90.5 Å². The topological polar surface area (TPSA) is 12.0 Å². The lowest BCUT2D eigenvalue weighted by Crippen LogP contribution is -2.36. The van der Waals surface area contributed by atoms with Gasteiger partial charge in [-0.3, -0.25) is 0 Å². The van der Waals surface area contributed by atoms with Crippen molar-refractivity contribution in [2.75, 3.05) is 6.54 Å². The summed E-state index contributed by atoms with van der Waals surface area (Å²) in [6.07, 6.45) is 15.9. The van der Waals surface area contributed by atoms with Crippen molar-refractivity contribution in [3.05, 3.63) is 0 Å². The second-order valence-electron chi connectivity index (χ2n) is 5.77. The van der Waals surface area contributed by atoms with E-state index in [9.17, 15) is 0 Å². The van der Waals surface area contributed by atoms with Crippen molar-refractivity contribution >= 4 is 0 Å². The molecule has 1 rings (SSSR count). The van der Waals surface area contributed by atoms with E-state index in [1.165, 1.54) is 70.6 Å². The van der Waals surface area contributed by atoms with E-state index in [2.05, 4.69) is 19.2 Å². The summed E-state index contributed by atoms with van der Waals surface area (Å²) in [6.45, 7) is 5.71. The molecule has 0 aromatic rings. The molecule has 1 fully saturated rings. The Hall–Kier alpha value is -0.0400. The van der Waals surface area contributed by atoms with Crippen molar-refractivity contribution in [1.29, 1.82) is 0 Å². The van der Waals surface area contributed by atoms with Gasteiger partial charge in [0.15, 0.2) is 0 Å². The molecule has 1 nitrogen and oxygen atoms in total. The van der Waals surface area contributed by atoms with Gasteiger partial charge in [-0.05, 0) is 31.7 Å². The molecule has 17 heavy (non-hydrogen) atoms. The molecule has 0 aliphatic heterocycles. The highest BCUT2D eigenvalue weighted by Gasteiger charge is 2.20. The molecule has 0 bridgehead atoms. The lowest BCUT2D eigenvalue weighted by Gasteiger charge is -2.29. The normalized spacial score (nSPS) is 20.8. The molecule has 1 N–H and O–H groups in total. The number of nitrogens with one attached hydrogen (secondary N) is 1. The van der Waals surface area contributed by atoms with Gasteiger partial charge in [0.05, 0.1) is 0 Å². The van der Waals surface area contributed by atoms with Gasteiger partial charge in [-0.15, -0.1) is 0 Å². The SMILES string of the molecule is CCCCCC(NCC)C1CCCCCCC1. The molecule has 1 saturated carbocycles. The van der Waals surface area contributed by atoms with Crippen molar-refractivity contribution in [1.82, 2.24) is 5.32 Å². The van der Waals surface area contributed by atoms with Gasteiger partial charge in [-0.25, -0.2) is 0 Å². The maximum absolute atomic E-state index is 3.76. The van der Waals surface area contributed by atoms with Crippen LogP contribution in [0.1, 0.15) is 84.5 Å². The highest BCUT2D eigenvalue weighted by atomic mass is 14.9. The second-order valence-corrected chi connectivity index (χ2v) is 5.77. The first kappa shape index (κ1) is 15.0. The lowest BCUT2D eigenvalue weighted by molar-refractivity contribution is 0.271. The summed E-state index contributed by atoms with van der Waals surface area (Å²) < 4.78 is 0. The van der Waals surface area contributed by atoms with Crippen LogP contribution in [0.3, 0.4) is 0 Å². The summed E-state index contributed by atoms with van der Waals surface area (Å²) in [5.41, 5.74) is 0. The molecule has 0 heterocycles. The molecular weight excluding hydrogens is 206 g/mol. The van der Waals surface area contributed by atoms with E-state index in [1.54, 1.807) is 0 Å². The number of rotatable bonds is 7. The highest BCUT2D eigenvalue weighted by molar-refractivity contribution is 4.77. The summed E-state index contributed by atoms with van der Waals surface area (Å²) in [5.74, 6) is 0.965. The van der Waals surface area contributed by atoms with E-state index in [0.717, 1.165) is 18.5 Å². The molecule has 0 saturated heterocycles. The van der Waals surface area contributed by atoms with Crippen LogP contribution in [-0.4, -0.2) is 12.6 Å².